The van der Waals surface area contributed by atoms with E-state index in [9.17, 15) is 14.4 Å². The monoisotopic (exact) mass is 320 g/mol. The Balaban J connectivity index is 2.00. The van der Waals surface area contributed by atoms with Gasteiger partial charge in [-0.3, -0.25) is 10.1 Å². The van der Waals surface area contributed by atoms with Crippen LogP contribution in [0.3, 0.4) is 0 Å². The van der Waals surface area contributed by atoms with Gasteiger partial charge in [-0.2, -0.15) is 4.99 Å². The van der Waals surface area contributed by atoms with Gasteiger partial charge in [-0.05, 0) is 37.7 Å². The topological polar surface area (TPSA) is 107 Å². The molecule has 3 heterocycles. The number of hydrogen-bond donors (Lipinski definition) is 1. The summed E-state index contributed by atoms with van der Waals surface area (Å²) in [6, 6.07) is 1.22. The molecule has 4 bridgehead atoms. The molecule has 0 atom stereocenters. The second-order valence-corrected chi connectivity index (χ2v) is 5.64. The van der Waals surface area contributed by atoms with Crippen molar-refractivity contribution in [2.24, 2.45) is 10.9 Å². The maximum absolute atomic E-state index is 11.7. The molecule has 8 nitrogen and oxygen atoms in total. The Morgan fingerprint density at radius 3 is 2.87 bits per heavy atom. The van der Waals surface area contributed by atoms with Crippen LogP contribution < -0.4 is 10.9 Å². The number of hydrogen-bond acceptors (Lipinski definition) is 7. The van der Waals surface area contributed by atoms with E-state index in [4.69, 9.17) is 13.9 Å². The molecule has 1 saturated carbocycles. The zero-order chi connectivity index (χ0) is 16.4. The molecular weight excluding hydrogens is 304 g/mol. The van der Waals surface area contributed by atoms with E-state index >= 15 is 0 Å². The van der Waals surface area contributed by atoms with E-state index in [0.717, 1.165) is 18.4 Å². The molecule has 1 aromatic rings. The Kier molecular flexibility index (Phi) is 4.14. The van der Waals surface area contributed by atoms with Gasteiger partial charge in [0.15, 0.2) is 6.61 Å². The molecule has 8 heteroatoms. The fourth-order valence-electron chi connectivity index (χ4n) is 2.75. The number of rotatable bonds is 1. The highest BCUT2D eigenvalue weighted by atomic mass is 16.6. The van der Waals surface area contributed by atoms with E-state index < -0.39 is 11.6 Å². The van der Waals surface area contributed by atoms with Crippen LogP contribution >= 0.6 is 0 Å². The fraction of sp³-hybridized carbons (Fsp3) is 0.467. The molecule has 2 aliphatic heterocycles. The van der Waals surface area contributed by atoms with E-state index in [1.165, 1.54) is 6.07 Å². The molecule has 1 aromatic heterocycles. The number of carbonyl (C=O) groups excluding carboxylic acids is 2. The zero-order valence-corrected chi connectivity index (χ0v) is 12.5. The molecule has 0 radical (unpaired) electrons. The Labute approximate surface area is 131 Å². The number of aliphatic imine (C=N–C) groups is 1. The minimum atomic E-state index is -0.530. The smallest absolute Gasteiger partial charge is 0.344 e. The van der Waals surface area contributed by atoms with Crippen molar-refractivity contribution in [1.29, 1.82) is 0 Å². The van der Waals surface area contributed by atoms with Gasteiger partial charge in [0, 0.05) is 11.6 Å². The van der Waals surface area contributed by atoms with E-state index in [-0.39, 0.29) is 24.6 Å². The fourth-order valence-corrected chi connectivity index (χ4v) is 2.75. The Hall–Kier alpha value is -2.64. The summed E-state index contributed by atoms with van der Waals surface area (Å²) in [5.74, 6) is -0.127. The predicted molar refractivity (Wildman–Crippen MR) is 78.3 cm³/mol. The molecule has 1 aliphatic carbocycles. The van der Waals surface area contributed by atoms with Gasteiger partial charge in [-0.1, -0.05) is 0 Å². The first-order valence-electron chi connectivity index (χ1n) is 7.30. The number of amidine groups is 1. The number of fused-ring (bicyclic) bond motifs is 4. The van der Waals surface area contributed by atoms with Crippen LogP contribution in [0.25, 0.3) is 0 Å². The molecule has 1 N–H and O–H groups in total. The molecule has 23 heavy (non-hydrogen) atoms. The highest BCUT2D eigenvalue weighted by Crippen LogP contribution is 2.34. The number of amides is 1. The third-order valence-electron chi connectivity index (χ3n) is 4.00. The van der Waals surface area contributed by atoms with Gasteiger partial charge in [-0.25, -0.2) is 9.59 Å². The zero-order valence-electron chi connectivity index (χ0n) is 12.5. The summed E-state index contributed by atoms with van der Waals surface area (Å²) in [6.07, 6.45) is 2.42. The van der Waals surface area contributed by atoms with Gasteiger partial charge >= 0.3 is 11.6 Å². The highest BCUT2D eigenvalue weighted by molar-refractivity contribution is 5.87. The van der Waals surface area contributed by atoms with Gasteiger partial charge in [0.1, 0.15) is 6.10 Å². The largest absolute Gasteiger partial charge is 0.460 e. The lowest BCUT2D eigenvalue weighted by Gasteiger charge is -2.34. The molecule has 1 fully saturated rings. The van der Waals surface area contributed by atoms with Crippen molar-refractivity contribution < 1.29 is 23.5 Å². The summed E-state index contributed by atoms with van der Waals surface area (Å²) in [5.41, 5.74) is 1.01. The van der Waals surface area contributed by atoms with Crippen LogP contribution in [0.5, 0.6) is 0 Å². The van der Waals surface area contributed by atoms with Crippen molar-refractivity contribution >= 4 is 24.3 Å². The summed E-state index contributed by atoms with van der Waals surface area (Å²) in [4.78, 5) is 38.1. The van der Waals surface area contributed by atoms with Crippen LogP contribution in [-0.2, 0) is 25.5 Å². The summed E-state index contributed by atoms with van der Waals surface area (Å²) in [6.45, 7) is 1.40. The lowest BCUT2D eigenvalue weighted by Crippen LogP contribution is -2.36. The summed E-state index contributed by atoms with van der Waals surface area (Å²) in [5, 5.41) is 2.23. The van der Waals surface area contributed by atoms with Crippen molar-refractivity contribution in [1.82, 2.24) is 5.32 Å². The number of nitrogens with zero attached hydrogens (tertiary/aromatic N) is 1. The normalized spacial score (nSPS) is 26.0. The van der Waals surface area contributed by atoms with Crippen LogP contribution in [0.1, 0.15) is 24.0 Å². The molecule has 0 aromatic carbocycles. The first-order chi connectivity index (χ1) is 11.0. The minimum Gasteiger partial charge on any atom is -0.460 e. The van der Waals surface area contributed by atoms with E-state index in [0.29, 0.717) is 24.3 Å². The average Bonchev–Trinajstić information content (AvgIpc) is 2.47. The van der Waals surface area contributed by atoms with Crippen LogP contribution in [0.2, 0.25) is 0 Å². The van der Waals surface area contributed by atoms with Gasteiger partial charge in [0.2, 0.25) is 12.3 Å². The maximum atomic E-state index is 11.7. The van der Waals surface area contributed by atoms with Crippen molar-refractivity contribution in [3.8, 4) is 0 Å². The number of ether oxygens (including phenoxy) is 2. The lowest BCUT2D eigenvalue weighted by molar-refractivity contribution is -0.158. The van der Waals surface area contributed by atoms with Crippen molar-refractivity contribution in [2.45, 2.75) is 32.3 Å². The van der Waals surface area contributed by atoms with Gasteiger partial charge in [-0.15, -0.1) is 0 Å². The van der Waals surface area contributed by atoms with Crippen molar-refractivity contribution in [3.05, 3.63) is 27.6 Å². The van der Waals surface area contributed by atoms with Crippen molar-refractivity contribution in [3.63, 3.8) is 0 Å². The van der Waals surface area contributed by atoms with Crippen LogP contribution in [-0.4, -0.2) is 31.1 Å². The molecule has 4 rings (SSSR count). The first-order valence-corrected chi connectivity index (χ1v) is 7.30. The average molecular weight is 320 g/mol. The predicted octanol–water partition coefficient (Wildman–Crippen LogP) is 0.576. The number of esters is 1. The van der Waals surface area contributed by atoms with Crippen LogP contribution in [0.15, 0.2) is 20.3 Å². The number of carbonyl (C=O) groups is 2. The van der Waals surface area contributed by atoms with E-state index in [2.05, 4.69) is 10.3 Å². The second-order valence-electron chi connectivity index (χ2n) is 5.64. The third kappa shape index (κ3) is 3.41. The Morgan fingerprint density at radius 2 is 2.13 bits per heavy atom. The number of nitrogens with one attached hydrogen (secondary N) is 1. The van der Waals surface area contributed by atoms with Crippen molar-refractivity contribution in [2.75, 3.05) is 6.61 Å². The summed E-state index contributed by atoms with van der Waals surface area (Å²) >= 11 is 0. The van der Waals surface area contributed by atoms with E-state index in [1.807, 2.05) is 0 Å². The SMILES string of the molecule is Cc1c2cc(=O)oc1/N=C(\NC=O)OCC(=O)OC1CC(C2)C1. The molecule has 0 spiro atoms. The van der Waals surface area contributed by atoms with Crippen LogP contribution in [0.4, 0.5) is 5.88 Å². The Morgan fingerprint density at radius 1 is 1.35 bits per heavy atom. The molecule has 3 aliphatic rings. The van der Waals surface area contributed by atoms with Gasteiger partial charge in [0.05, 0.1) is 0 Å². The maximum Gasteiger partial charge on any atom is 0.344 e. The van der Waals surface area contributed by atoms with Gasteiger partial charge < -0.3 is 13.9 Å². The highest BCUT2D eigenvalue weighted by Gasteiger charge is 2.33. The molecule has 0 saturated heterocycles. The molecule has 122 valence electrons. The first kappa shape index (κ1) is 15.3. The van der Waals surface area contributed by atoms with Gasteiger partial charge in [0.25, 0.3) is 6.02 Å². The quantitative estimate of drug-likeness (QED) is 0.599. The van der Waals surface area contributed by atoms with Crippen LogP contribution in [0, 0.1) is 12.8 Å². The minimum absolute atomic E-state index is 0.0559. The molecular formula is C15H16N2O6. The second kappa shape index (κ2) is 6.23. The molecule has 0 unspecified atom stereocenters. The van der Waals surface area contributed by atoms with E-state index in [1.54, 1.807) is 6.92 Å². The standard InChI is InChI=1S/C15H16N2O6/c1-8-10-2-9-3-11(4-9)22-13(20)6-21-15(16-7-18)17-14(8)23-12(19)5-10/h5,7,9,11H,2-4,6H2,1H3,(H,16,17,18). The third-order valence-corrected chi connectivity index (χ3v) is 4.00. The molecule has 1 amide bonds. The Bertz CT molecular complexity index is 717. The summed E-state index contributed by atoms with van der Waals surface area (Å²) in [7, 11) is 0. The summed E-state index contributed by atoms with van der Waals surface area (Å²) < 4.78 is 15.5. The lowest BCUT2D eigenvalue weighted by atomic mass is 9.78.